The van der Waals surface area contributed by atoms with Crippen molar-refractivity contribution in [3.05, 3.63) is 76.6 Å². The highest BCUT2D eigenvalue weighted by Gasteiger charge is 2.31. The van der Waals surface area contributed by atoms with E-state index in [0.717, 1.165) is 37.2 Å². The number of aryl methyl sites for hydroxylation is 1. The number of nitrogens with one attached hydrogen (secondary N) is 3. The lowest BCUT2D eigenvalue weighted by atomic mass is 10.1. The van der Waals surface area contributed by atoms with Crippen LogP contribution in [0.4, 0.5) is 30.5 Å². The minimum Gasteiger partial charge on any atom is -0.383 e. The van der Waals surface area contributed by atoms with Crippen molar-refractivity contribution in [3.63, 3.8) is 0 Å². The second-order valence-electron chi connectivity index (χ2n) is 9.47. The molecule has 1 amide bonds. The Hall–Kier alpha value is -4.43. The first-order valence-corrected chi connectivity index (χ1v) is 12.2. The lowest BCUT2D eigenvalue weighted by Crippen LogP contribution is -2.21. The van der Waals surface area contributed by atoms with E-state index in [2.05, 4.69) is 44.4 Å². The zero-order valence-corrected chi connectivity index (χ0v) is 21.5. The van der Waals surface area contributed by atoms with E-state index in [4.69, 9.17) is 11.1 Å². The molecule has 11 heteroatoms. The molecule has 0 bridgehead atoms. The van der Waals surface area contributed by atoms with Gasteiger partial charge >= 0.3 is 6.18 Å². The van der Waals surface area contributed by atoms with E-state index >= 15 is 0 Å². The molecule has 2 aromatic carbocycles. The molecule has 4 rings (SSSR count). The van der Waals surface area contributed by atoms with E-state index in [9.17, 15) is 18.0 Å². The Kier molecular flexibility index (Phi) is 8.16. The van der Waals surface area contributed by atoms with E-state index in [0.29, 0.717) is 35.1 Å². The van der Waals surface area contributed by atoms with Gasteiger partial charge in [0.2, 0.25) is 0 Å². The third-order valence-electron chi connectivity index (χ3n) is 6.44. The maximum atomic E-state index is 13.0. The van der Waals surface area contributed by atoms with Crippen molar-refractivity contribution in [1.82, 2.24) is 14.9 Å². The number of hydrogen-bond acceptors (Lipinski definition) is 7. The predicted molar refractivity (Wildman–Crippen MR) is 145 cm³/mol. The van der Waals surface area contributed by atoms with Crippen molar-refractivity contribution in [2.45, 2.75) is 19.5 Å². The summed E-state index contributed by atoms with van der Waals surface area (Å²) >= 11 is 0. The normalized spacial score (nSPS) is 15.4. The van der Waals surface area contributed by atoms with Crippen molar-refractivity contribution in [2.75, 3.05) is 43.0 Å². The summed E-state index contributed by atoms with van der Waals surface area (Å²) in [6, 6.07) is 9.15. The molecule has 1 aliphatic heterocycles. The van der Waals surface area contributed by atoms with Gasteiger partial charge in [-0.05, 0) is 74.7 Å². The predicted octanol–water partition coefficient (Wildman–Crippen LogP) is 4.42. The Bertz CT molecular complexity index is 1460. The number of likely N-dealkylation sites (tertiary alicyclic amines) is 1. The smallest absolute Gasteiger partial charge is 0.383 e. The molecule has 1 aliphatic rings. The van der Waals surface area contributed by atoms with Gasteiger partial charge in [-0.3, -0.25) is 10.2 Å². The van der Waals surface area contributed by atoms with Crippen LogP contribution >= 0.6 is 0 Å². The van der Waals surface area contributed by atoms with Gasteiger partial charge in [0.1, 0.15) is 23.7 Å². The number of halogens is 3. The maximum Gasteiger partial charge on any atom is 0.416 e. The van der Waals surface area contributed by atoms with Crippen molar-refractivity contribution in [3.8, 4) is 11.8 Å². The summed E-state index contributed by atoms with van der Waals surface area (Å²) in [6.07, 6.45) is -2.15. The Morgan fingerprint density at radius 3 is 2.74 bits per heavy atom. The van der Waals surface area contributed by atoms with Crippen LogP contribution in [0.15, 0.2) is 48.8 Å². The zero-order chi connectivity index (χ0) is 28.2. The summed E-state index contributed by atoms with van der Waals surface area (Å²) in [5.74, 6) is 6.07. The van der Waals surface area contributed by atoms with Crippen LogP contribution in [0.3, 0.4) is 0 Å². The van der Waals surface area contributed by atoms with Crippen LogP contribution < -0.4 is 16.4 Å². The first kappa shape index (κ1) is 27.6. The SMILES string of the molecule is Cc1ccc(NC(=O)c2cccc(C(F)(F)F)c2)cc1C#CC(=N)c1c(N)ncnc1NCC1CCN(C)C1. The molecule has 3 aromatic rings. The number of alkyl halides is 3. The standard InChI is InChI=1S/C28H28F3N7O/c1-17-6-8-22(37-27(39)20-4-3-5-21(12-20)28(29,30)31)13-19(17)7-9-23(32)24-25(33)35-16-36-26(24)34-14-18-10-11-38(2)15-18/h3-6,8,12-13,16,18,32H,10-11,14-15H2,1-2H3,(H,37,39)(H3,33,34,35,36). The Morgan fingerprint density at radius 2 is 2.03 bits per heavy atom. The summed E-state index contributed by atoms with van der Waals surface area (Å²) < 4.78 is 39.1. The molecule has 0 aliphatic carbocycles. The molecule has 0 radical (unpaired) electrons. The van der Waals surface area contributed by atoms with Gasteiger partial charge in [0.05, 0.1) is 11.1 Å². The molecule has 1 fully saturated rings. The quantitative estimate of drug-likeness (QED) is 0.274. The topological polar surface area (TPSA) is 120 Å². The first-order chi connectivity index (χ1) is 18.5. The van der Waals surface area contributed by atoms with Crippen LogP contribution in [0, 0.1) is 30.1 Å². The van der Waals surface area contributed by atoms with Gasteiger partial charge in [0.15, 0.2) is 0 Å². The lowest BCUT2D eigenvalue weighted by molar-refractivity contribution is -0.137. The Morgan fingerprint density at radius 1 is 1.23 bits per heavy atom. The fourth-order valence-electron chi connectivity index (χ4n) is 4.28. The van der Waals surface area contributed by atoms with Gasteiger partial charge < -0.3 is 21.3 Å². The molecule has 202 valence electrons. The summed E-state index contributed by atoms with van der Waals surface area (Å²) in [5, 5.41) is 14.4. The van der Waals surface area contributed by atoms with Crippen LogP contribution in [0.25, 0.3) is 0 Å². The average molecular weight is 536 g/mol. The van der Waals surface area contributed by atoms with Crippen LogP contribution in [0.5, 0.6) is 0 Å². The maximum absolute atomic E-state index is 13.0. The number of anilines is 3. The molecule has 0 spiro atoms. The van der Waals surface area contributed by atoms with E-state index in [1.807, 2.05) is 6.92 Å². The fraction of sp³-hybridized carbons (Fsp3) is 0.286. The van der Waals surface area contributed by atoms with Gasteiger partial charge in [-0.1, -0.05) is 18.1 Å². The summed E-state index contributed by atoms with van der Waals surface area (Å²) in [7, 11) is 2.08. The highest BCUT2D eigenvalue weighted by molar-refractivity contribution is 6.16. The minimum absolute atomic E-state index is 0.0723. The number of nitrogens with zero attached hydrogens (tertiary/aromatic N) is 3. The molecule has 1 unspecified atom stereocenters. The van der Waals surface area contributed by atoms with Gasteiger partial charge in [-0.15, -0.1) is 0 Å². The molecule has 8 nitrogen and oxygen atoms in total. The second-order valence-corrected chi connectivity index (χ2v) is 9.47. The van der Waals surface area contributed by atoms with Crippen molar-refractivity contribution >= 4 is 28.9 Å². The van der Waals surface area contributed by atoms with Crippen LogP contribution in [-0.2, 0) is 6.18 Å². The number of hydrogen-bond donors (Lipinski definition) is 4. The van der Waals surface area contributed by atoms with Gasteiger partial charge in [0.25, 0.3) is 5.91 Å². The lowest BCUT2D eigenvalue weighted by Gasteiger charge is -2.14. The van der Waals surface area contributed by atoms with E-state index in [-0.39, 0.29) is 17.1 Å². The van der Waals surface area contributed by atoms with Crippen molar-refractivity contribution in [1.29, 1.82) is 5.41 Å². The molecule has 2 heterocycles. The van der Waals surface area contributed by atoms with Crippen molar-refractivity contribution < 1.29 is 18.0 Å². The molecular weight excluding hydrogens is 507 g/mol. The summed E-state index contributed by atoms with van der Waals surface area (Å²) in [5.41, 5.74) is 6.95. The molecule has 1 aromatic heterocycles. The number of benzene rings is 2. The molecule has 5 N–H and O–H groups in total. The van der Waals surface area contributed by atoms with E-state index in [1.165, 1.54) is 18.5 Å². The largest absolute Gasteiger partial charge is 0.416 e. The number of nitrogen functional groups attached to an aromatic ring is 1. The first-order valence-electron chi connectivity index (χ1n) is 12.2. The Balaban J connectivity index is 1.51. The zero-order valence-electron chi connectivity index (χ0n) is 21.5. The summed E-state index contributed by atoms with van der Waals surface area (Å²) in [4.78, 5) is 23.1. The highest BCUT2D eigenvalue weighted by Crippen LogP contribution is 2.30. The number of amides is 1. The van der Waals surface area contributed by atoms with Crippen LogP contribution in [0.1, 0.15) is 39.0 Å². The van der Waals surface area contributed by atoms with Gasteiger partial charge in [-0.2, -0.15) is 13.2 Å². The van der Waals surface area contributed by atoms with Gasteiger partial charge in [0, 0.05) is 29.9 Å². The number of carbonyl (C=O) groups is 1. The number of carbonyl (C=O) groups excluding carboxylic acids is 1. The van der Waals surface area contributed by atoms with Crippen LogP contribution in [0.2, 0.25) is 0 Å². The second kappa shape index (κ2) is 11.5. The monoisotopic (exact) mass is 535 g/mol. The molecule has 39 heavy (non-hydrogen) atoms. The molecule has 1 saturated heterocycles. The highest BCUT2D eigenvalue weighted by atomic mass is 19.4. The molecule has 1 atom stereocenters. The third-order valence-corrected chi connectivity index (χ3v) is 6.44. The minimum atomic E-state index is -4.55. The third kappa shape index (κ3) is 6.91. The number of nitrogens with two attached hydrogens (primary N) is 1. The number of rotatable bonds is 6. The molecular formula is C28H28F3N7O. The number of aromatic nitrogens is 2. The summed E-state index contributed by atoms with van der Waals surface area (Å²) in [6.45, 7) is 4.50. The van der Waals surface area contributed by atoms with Crippen LogP contribution in [-0.4, -0.2) is 53.2 Å². The average Bonchev–Trinajstić information content (AvgIpc) is 3.32. The van der Waals surface area contributed by atoms with E-state index < -0.39 is 17.6 Å². The Labute approximate surface area is 224 Å². The molecule has 0 saturated carbocycles. The van der Waals surface area contributed by atoms with E-state index in [1.54, 1.807) is 18.2 Å². The van der Waals surface area contributed by atoms with Crippen molar-refractivity contribution in [2.24, 2.45) is 5.92 Å². The van der Waals surface area contributed by atoms with Gasteiger partial charge in [-0.25, -0.2) is 9.97 Å². The fourth-order valence-corrected chi connectivity index (χ4v) is 4.28.